The molecular weight excluding hydrogens is 288 g/mol. The number of amides is 1. The predicted octanol–water partition coefficient (Wildman–Crippen LogP) is 3.06. The van der Waals surface area contributed by atoms with Crippen LogP contribution in [0, 0.1) is 13.8 Å². The van der Waals surface area contributed by atoms with E-state index >= 15 is 0 Å². The molecule has 1 amide bonds. The van der Waals surface area contributed by atoms with Crippen molar-refractivity contribution in [3.63, 3.8) is 0 Å². The maximum absolute atomic E-state index is 12.0. The van der Waals surface area contributed by atoms with Gasteiger partial charge in [-0.25, -0.2) is 0 Å². The van der Waals surface area contributed by atoms with Crippen LogP contribution in [0.1, 0.15) is 27.0 Å². The molecule has 0 saturated carbocycles. The van der Waals surface area contributed by atoms with Gasteiger partial charge in [-0.3, -0.25) is 9.78 Å². The first kappa shape index (κ1) is 17.0. The molecule has 2 aromatic rings. The minimum atomic E-state index is -0.140. The Hall–Kier alpha value is -2.07. The molecule has 0 bridgehead atoms. The molecule has 1 aromatic heterocycles. The Kier molecular flexibility index (Phi) is 6.18. The van der Waals surface area contributed by atoms with Gasteiger partial charge in [0, 0.05) is 24.5 Å². The van der Waals surface area contributed by atoms with Crippen molar-refractivity contribution < 1.29 is 9.53 Å². The molecule has 0 atom stereocenters. The van der Waals surface area contributed by atoms with Gasteiger partial charge >= 0.3 is 0 Å². The standard InChI is InChI=1S/C16H18N2O2.ClH/c1-11-7-12(2)15(20-3)14(8-11)10-18-16(19)13-5-4-6-17-9-13;/h4-9H,10H2,1-3H3,(H,18,19);1H. The smallest absolute Gasteiger partial charge is 0.253 e. The lowest BCUT2D eigenvalue weighted by atomic mass is 10.1. The van der Waals surface area contributed by atoms with Gasteiger partial charge in [0.05, 0.1) is 12.7 Å². The summed E-state index contributed by atoms with van der Waals surface area (Å²) in [4.78, 5) is 15.9. The Morgan fingerprint density at radius 1 is 1.33 bits per heavy atom. The number of aromatic nitrogens is 1. The number of carbonyl (C=O) groups excluding carboxylic acids is 1. The molecule has 2 rings (SSSR count). The zero-order valence-electron chi connectivity index (χ0n) is 12.3. The average molecular weight is 307 g/mol. The van der Waals surface area contributed by atoms with Gasteiger partial charge in [0.1, 0.15) is 5.75 Å². The van der Waals surface area contributed by atoms with Crippen molar-refractivity contribution in [2.45, 2.75) is 20.4 Å². The highest BCUT2D eigenvalue weighted by molar-refractivity contribution is 5.93. The molecule has 1 N–H and O–H groups in total. The molecule has 1 aromatic carbocycles. The summed E-state index contributed by atoms with van der Waals surface area (Å²) in [7, 11) is 1.64. The third-order valence-electron chi connectivity index (χ3n) is 3.06. The van der Waals surface area contributed by atoms with E-state index < -0.39 is 0 Å². The number of hydrogen-bond acceptors (Lipinski definition) is 3. The van der Waals surface area contributed by atoms with Gasteiger partial charge < -0.3 is 10.1 Å². The SMILES string of the molecule is COc1c(C)cc(C)cc1CNC(=O)c1cccnc1.Cl. The topological polar surface area (TPSA) is 51.2 Å². The lowest BCUT2D eigenvalue weighted by Gasteiger charge is -2.13. The molecule has 0 spiro atoms. The van der Waals surface area contributed by atoms with Crippen molar-refractivity contribution >= 4 is 18.3 Å². The highest BCUT2D eigenvalue weighted by Crippen LogP contribution is 2.24. The van der Waals surface area contributed by atoms with Gasteiger partial charge in [0.2, 0.25) is 0 Å². The first-order valence-electron chi connectivity index (χ1n) is 6.44. The fourth-order valence-electron chi connectivity index (χ4n) is 2.24. The van der Waals surface area contributed by atoms with Crippen LogP contribution in [0.15, 0.2) is 36.7 Å². The summed E-state index contributed by atoms with van der Waals surface area (Å²) in [5, 5.41) is 2.89. The summed E-state index contributed by atoms with van der Waals surface area (Å²) in [5.41, 5.74) is 3.74. The largest absolute Gasteiger partial charge is 0.496 e. The van der Waals surface area contributed by atoms with Crippen molar-refractivity contribution in [2.24, 2.45) is 0 Å². The summed E-state index contributed by atoms with van der Waals surface area (Å²) in [6, 6.07) is 7.56. The summed E-state index contributed by atoms with van der Waals surface area (Å²) in [5.74, 6) is 0.682. The third-order valence-corrected chi connectivity index (χ3v) is 3.06. The minimum Gasteiger partial charge on any atom is -0.496 e. The average Bonchev–Trinajstić information content (AvgIpc) is 2.45. The number of rotatable bonds is 4. The highest BCUT2D eigenvalue weighted by atomic mass is 35.5. The number of nitrogens with zero attached hydrogens (tertiary/aromatic N) is 1. The zero-order valence-corrected chi connectivity index (χ0v) is 13.2. The second kappa shape index (κ2) is 7.64. The molecular formula is C16H19ClN2O2. The molecule has 0 unspecified atom stereocenters. The monoisotopic (exact) mass is 306 g/mol. The van der Waals surface area contributed by atoms with Crippen LogP contribution in [-0.4, -0.2) is 18.0 Å². The normalized spacial score (nSPS) is 9.67. The molecule has 0 fully saturated rings. The van der Waals surface area contributed by atoms with Crippen molar-refractivity contribution in [3.8, 4) is 5.75 Å². The molecule has 1 heterocycles. The zero-order chi connectivity index (χ0) is 14.5. The van der Waals surface area contributed by atoms with E-state index in [2.05, 4.69) is 16.4 Å². The molecule has 112 valence electrons. The summed E-state index contributed by atoms with van der Waals surface area (Å²) >= 11 is 0. The number of halogens is 1. The van der Waals surface area contributed by atoms with Gasteiger partial charge in [-0.2, -0.15) is 0 Å². The van der Waals surface area contributed by atoms with E-state index in [0.29, 0.717) is 12.1 Å². The van der Waals surface area contributed by atoms with Crippen molar-refractivity contribution in [2.75, 3.05) is 7.11 Å². The molecule has 21 heavy (non-hydrogen) atoms. The maximum Gasteiger partial charge on any atom is 0.253 e. The van der Waals surface area contributed by atoms with E-state index in [0.717, 1.165) is 22.4 Å². The van der Waals surface area contributed by atoms with Crippen molar-refractivity contribution in [1.82, 2.24) is 10.3 Å². The fourth-order valence-corrected chi connectivity index (χ4v) is 2.24. The number of ether oxygens (including phenoxy) is 1. The highest BCUT2D eigenvalue weighted by Gasteiger charge is 2.10. The summed E-state index contributed by atoms with van der Waals surface area (Å²) in [6.45, 7) is 4.45. The molecule has 0 saturated heterocycles. The van der Waals surface area contributed by atoms with E-state index in [1.807, 2.05) is 19.9 Å². The number of pyridine rings is 1. The lowest BCUT2D eigenvalue weighted by molar-refractivity contribution is 0.0950. The molecule has 0 aliphatic heterocycles. The van der Waals surface area contributed by atoms with Crippen LogP contribution in [0.25, 0.3) is 0 Å². The van der Waals surface area contributed by atoms with Crippen LogP contribution in [0.5, 0.6) is 5.75 Å². The summed E-state index contributed by atoms with van der Waals surface area (Å²) < 4.78 is 5.41. The Labute approximate surface area is 131 Å². The second-order valence-electron chi connectivity index (χ2n) is 4.70. The summed E-state index contributed by atoms with van der Waals surface area (Å²) in [6.07, 6.45) is 3.19. The number of carbonyl (C=O) groups is 1. The Morgan fingerprint density at radius 2 is 2.10 bits per heavy atom. The van der Waals surface area contributed by atoms with Crippen LogP contribution < -0.4 is 10.1 Å². The third kappa shape index (κ3) is 4.20. The maximum atomic E-state index is 12.0. The van der Waals surface area contributed by atoms with E-state index in [-0.39, 0.29) is 18.3 Å². The van der Waals surface area contributed by atoms with E-state index in [1.165, 1.54) is 0 Å². The molecule has 0 aliphatic carbocycles. The second-order valence-corrected chi connectivity index (χ2v) is 4.70. The Bertz CT molecular complexity index is 615. The quantitative estimate of drug-likeness (QED) is 0.944. The van der Waals surface area contributed by atoms with E-state index in [1.54, 1.807) is 31.6 Å². The van der Waals surface area contributed by atoms with Crippen LogP contribution >= 0.6 is 12.4 Å². The van der Waals surface area contributed by atoms with E-state index in [4.69, 9.17) is 4.74 Å². The molecule has 5 heteroatoms. The Morgan fingerprint density at radius 3 is 2.71 bits per heavy atom. The van der Waals surface area contributed by atoms with Gasteiger partial charge in [-0.1, -0.05) is 17.7 Å². The number of nitrogens with one attached hydrogen (secondary N) is 1. The first-order valence-corrected chi connectivity index (χ1v) is 6.44. The Balaban J connectivity index is 0.00000220. The number of benzene rings is 1. The van der Waals surface area contributed by atoms with Crippen molar-refractivity contribution in [3.05, 3.63) is 58.9 Å². The van der Waals surface area contributed by atoms with Gasteiger partial charge in [0.15, 0.2) is 0 Å². The van der Waals surface area contributed by atoms with Crippen molar-refractivity contribution in [1.29, 1.82) is 0 Å². The van der Waals surface area contributed by atoms with Gasteiger partial charge in [-0.15, -0.1) is 12.4 Å². The first-order chi connectivity index (χ1) is 9.61. The van der Waals surface area contributed by atoms with Gasteiger partial charge in [0.25, 0.3) is 5.91 Å². The van der Waals surface area contributed by atoms with Crippen LogP contribution in [0.3, 0.4) is 0 Å². The minimum absolute atomic E-state index is 0. The number of aryl methyl sites for hydroxylation is 2. The predicted molar refractivity (Wildman–Crippen MR) is 85.1 cm³/mol. The van der Waals surface area contributed by atoms with Crippen LogP contribution in [-0.2, 0) is 6.54 Å². The van der Waals surface area contributed by atoms with Gasteiger partial charge in [-0.05, 0) is 31.5 Å². The molecule has 0 aliphatic rings. The van der Waals surface area contributed by atoms with Crippen LogP contribution in [0.2, 0.25) is 0 Å². The number of methoxy groups -OCH3 is 1. The van der Waals surface area contributed by atoms with E-state index in [9.17, 15) is 4.79 Å². The molecule has 4 nitrogen and oxygen atoms in total. The van der Waals surface area contributed by atoms with Crippen LogP contribution in [0.4, 0.5) is 0 Å². The fraction of sp³-hybridized carbons (Fsp3) is 0.250. The number of hydrogen-bond donors (Lipinski definition) is 1. The lowest BCUT2D eigenvalue weighted by Crippen LogP contribution is -2.23. The molecule has 0 radical (unpaired) electrons.